The van der Waals surface area contributed by atoms with Crippen LogP contribution in [0.1, 0.15) is 0 Å². The summed E-state index contributed by atoms with van der Waals surface area (Å²) in [5.74, 6) is -3.09. The predicted molar refractivity (Wildman–Crippen MR) is 87.1 cm³/mol. The van der Waals surface area contributed by atoms with Gasteiger partial charge in [0.1, 0.15) is 11.4 Å². The smallest absolute Gasteiger partial charge is 0.129 e. The third-order valence-corrected chi connectivity index (χ3v) is 2.62. The van der Waals surface area contributed by atoms with Crippen molar-refractivity contribution in [1.29, 1.82) is 0 Å². The highest BCUT2D eigenvalue weighted by atomic mass is 16.4. The highest BCUT2D eigenvalue weighted by Crippen LogP contribution is 1.95. The van der Waals surface area contributed by atoms with Gasteiger partial charge in [-0.25, -0.2) is 0 Å². The van der Waals surface area contributed by atoms with Gasteiger partial charge in [-0.15, -0.1) is 0 Å². The van der Waals surface area contributed by atoms with Crippen molar-refractivity contribution in [3.05, 3.63) is 72.8 Å². The van der Waals surface area contributed by atoms with Crippen LogP contribution in [-0.4, -0.2) is 26.0 Å². The van der Waals surface area contributed by atoms with Gasteiger partial charge in [-0.05, 0) is 36.4 Å². The zero-order valence-corrected chi connectivity index (χ0v) is 13.7. The molecule has 24 heavy (non-hydrogen) atoms. The van der Waals surface area contributed by atoms with Gasteiger partial charge in [0, 0.05) is 0 Å². The van der Waals surface area contributed by atoms with Crippen LogP contribution in [-0.2, 0) is 9.59 Å². The minimum absolute atomic E-state index is 0.384. The minimum Gasteiger partial charge on any atom is -0.545 e. The van der Waals surface area contributed by atoms with Gasteiger partial charge in [-0.2, -0.15) is 0 Å². The zero-order chi connectivity index (χ0) is 18.2. The Balaban J connectivity index is 0.000000331. The molecule has 6 heteroatoms. The van der Waals surface area contributed by atoms with Gasteiger partial charge in [-0.3, -0.25) is 0 Å². The van der Waals surface area contributed by atoms with Crippen molar-refractivity contribution in [2.45, 2.75) is 0 Å². The fourth-order valence-electron chi connectivity index (χ4n) is 1.43. The van der Waals surface area contributed by atoms with Gasteiger partial charge in [0.25, 0.3) is 0 Å². The maximum absolute atomic E-state index is 9.41. The number of carbonyl (C=O) groups excluding carboxylic acids is 2. The molecule has 0 bridgehead atoms. The van der Waals surface area contributed by atoms with Gasteiger partial charge in [0.05, 0.1) is 26.0 Å². The Bertz CT molecular complexity index is 558. The first-order valence-corrected chi connectivity index (χ1v) is 7.28. The summed E-state index contributed by atoms with van der Waals surface area (Å²) < 4.78 is 0. The Hall–Kier alpha value is -2.96. The summed E-state index contributed by atoms with van der Waals surface area (Å²) in [4.78, 5) is 18.8. The highest BCUT2D eigenvalue weighted by Gasteiger charge is 1.84. The second-order valence-electron chi connectivity index (χ2n) is 4.37. The number of hydrogen-bond acceptors (Lipinski definition) is 4. The molecule has 6 nitrogen and oxygen atoms in total. The third-order valence-electron chi connectivity index (χ3n) is 2.62. The van der Waals surface area contributed by atoms with Gasteiger partial charge in [0.15, 0.2) is 0 Å². The number of carbonyl (C=O) groups is 2. The normalized spacial score (nSPS) is 9.25. The molecule has 2 aromatic carbocycles. The lowest BCUT2D eigenvalue weighted by Crippen LogP contribution is -2.72. The van der Waals surface area contributed by atoms with E-state index in [9.17, 15) is 19.8 Å². The molecule has 0 saturated heterocycles. The maximum atomic E-state index is 9.41. The van der Waals surface area contributed by atoms with Crippen molar-refractivity contribution in [2.75, 3.05) is 14.1 Å². The molecule has 0 fully saturated rings. The topological polar surface area (TPSA) is 113 Å². The Morgan fingerprint density at radius 2 is 1.00 bits per heavy atom. The molecule has 0 amide bonds. The molecule has 0 radical (unpaired) electrons. The van der Waals surface area contributed by atoms with Crippen molar-refractivity contribution in [3.63, 3.8) is 0 Å². The molecule has 0 aliphatic carbocycles. The van der Waals surface area contributed by atoms with Crippen LogP contribution in [0.4, 0.5) is 11.4 Å². The number of carboxylic acid groups (broad SMARTS) is 2. The summed E-state index contributed by atoms with van der Waals surface area (Å²) >= 11 is 0. The van der Waals surface area contributed by atoms with E-state index in [4.69, 9.17) is 0 Å². The monoisotopic (exact) mass is 330 g/mol. The lowest BCUT2D eigenvalue weighted by atomic mass is 10.3. The fourth-order valence-corrected chi connectivity index (χ4v) is 1.43. The number of para-hydroxylation sites is 2. The lowest BCUT2D eigenvalue weighted by Gasteiger charge is -1.90. The minimum atomic E-state index is -1.55. The quantitative estimate of drug-likeness (QED) is 0.502. The molecule has 0 aromatic heterocycles. The van der Waals surface area contributed by atoms with Crippen LogP contribution >= 0.6 is 0 Å². The van der Waals surface area contributed by atoms with Gasteiger partial charge in [-0.1, -0.05) is 36.4 Å². The summed E-state index contributed by atoms with van der Waals surface area (Å²) in [5, 5.41) is 23.0. The van der Waals surface area contributed by atoms with Crippen molar-refractivity contribution in [3.8, 4) is 0 Å². The van der Waals surface area contributed by atoms with Crippen molar-refractivity contribution in [2.24, 2.45) is 0 Å². The molecule has 0 heterocycles. The Morgan fingerprint density at radius 3 is 1.17 bits per heavy atom. The average molecular weight is 330 g/mol. The molecular formula is C18H22N2O4. The summed E-state index contributed by atoms with van der Waals surface area (Å²) in [6.45, 7) is 0. The molecule has 4 N–H and O–H groups in total. The predicted octanol–water partition coefficient (Wildman–Crippen LogP) is -1.93. The Labute approximate surface area is 141 Å². The van der Waals surface area contributed by atoms with Gasteiger partial charge < -0.3 is 30.4 Å². The molecule has 0 spiro atoms. The van der Waals surface area contributed by atoms with Crippen molar-refractivity contribution >= 4 is 23.3 Å². The van der Waals surface area contributed by atoms with Crippen LogP contribution in [0.5, 0.6) is 0 Å². The Kier molecular flexibility index (Phi) is 12.0. The van der Waals surface area contributed by atoms with E-state index in [0.717, 1.165) is 0 Å². The first-order chi connectivity index (χ1) is 11.5. The van der Waals surface area contributed by atoms with E-state index in [2.05, 4.69) is 34.9 Å². The number of benzene rings is 2. The molecule has 0 saturated carbocycles. The van der Waals surface area contributed by atoms with Crippen LogP contribution in [0.3, 0.4) is 0 Å². The average Bonchev–Trinajstić information content (AvgIpc) is 2.62. The summed E-state index contributed by atoms with van der Waals surface area (Å²) in [5.41, 5.74) is 2.57. The van der Waals surface area contributed by atoms with Crippen LogP contribution in [0.15, 0.2) is 72.8 Å². The van der Waals surface area contributed by atoms with E-state index in [1.165, 1.54) is 11.4 Å². The van der Waals surface area contributed by atoms with Gasteiger partial charge >= 0.3 is 0 Å². The molecule has 2 aromatic rings. The van der Waals surface area contributed by atoms with Gasteiger partial charge in [0.2, 0.25) is 0 Å². The van der Waals surface area contributed by atoms with Crippen molar-refractivity contribution in [1.82, 2.24) is 0 Å². The second-order valence-corrected chi connectivity index (χ2v) is 4.37. The molecular weight excluding hydrogens is 308 g/mol. The standard InChI is InChI=1S/2C7H9N.C4H4O4/c2*1-8-7-5-3-2-4-6-7;5-3(6)1-2-4(7)8/h2*2-6,8H,1H3;1-2H,(H,5,6)(H,7,8)/b;;2-1+. The molecule has 0 atom stereocenters. The van der Waals surface area contributed by atoms with E-state index in [0.29, 0.717) is 12.2 Å². The molecule has 0 aliphatic heterocycles. The summed E-state index contributed by atoms with van der Waals surface area (Å²) in [7, 11) is 4.07. The third kappa shape index (κ3) is 12.8. The number of hydrogen-bond donors (Lipinski definition) is 2. The van der Waals surface area contributed by atoms with E-state index < -0.39 is 11.9 Å². The van der Waals surface area contributed by atoms with Crippen molar-refractivity contribution < 1.29 is 30.4 Å². The zero-order valence-electron chi connectivity index (χ0n) is 13.7. The van der Waals surface area contributed by atoms with E-state index in [-0.39, 0.29) is 0 Å². The van der Waals surface area contributed by atoms with Crippen LogP contribution in [0, 0.1) is 0 Å². The highest BCUT2D eigenvalue weighted by molar-refractivity contribution is 5.87. The molecule has 0 aliphatic rings. The van der Waals surface area contributed by atoms with Crippen LogP contribution in [0.2, 0.25) is 0 Å². The van der Waals surface area contributed by atoms with Crippen LogP contribution in [0.25, 0.3) is 0 Å². The summed E-state index contributed by atoms with van der Waals surface area (Å²) in [6.07, 6.45) is 0.769. The molecule has 2 rings (SSSR count). The number of quaternary nitrogens is 2. The lowest BCUT2D eigenvalue weighted by molar-refractivity contribution is -0.539. The molecule has 128 valence electrons. The first kappa shape index (κ1) is 21.0. The van der Waals surface area contributed by atoms with Crippen LogP contribution < -0.4 is 20.8 Å². The van der Waals surface area contributed by atoms with E-state index >= 15 is 0 Å². The molecule has 0 unspecified atom stereocenters. The largest absolute Gasteiger partial charge is 0.545 e. The van der Waals surface area contributed by atoms with E-state index in [1.54, 1.807) is 0 Å². The number of rotatable bonds is 4. The number of nitrogens with two attached hydrogens (primary N) is 2. The fraction of sp³-hybridized carbons (Fsp3) is 0.111. The number of aliphatic carboxylic acids is 2. The maximum Gasteiger partial charge on any atom is 0.129 e. The second kappa shape index (κ2) is 13.7. The van der Waals surface area contributed by atoms with E-state index in [1.807, 2.05) is 50.5 Å². The number of carboxylic acids is 2. The summed E-state index contributed by atoms with van der Waals surface area (Å²) in [6, 6.07) is 20.5. The first-order valence-electron chi connectivity index (χ1n) is 7.28. The SMILES string of the molecule is C[NH2+]c1ccccc1.C[NH2+]c1ccccc1.O=C([O-])/C=C/C(=O)[O-]. The Morgan fingerprint density at radius 1 is 0.708 bits per heavy atom.